The van der Waals surface area contributed by atoms with E-state index in [1.165, 1.54) is 28.8 Å². The summed E-state index contributed by atoms with van der Waals surface area (Å²) in [4.78, 5) is 19.5. The molecule has 4 heterocycles. The van der Waals surface area contributed by atoms with Crippen molar-refractivity contribution in [1.82, 2.24) is 19.4 Å². The lowest BCUT2D eigenvalue weighted by Gasteiger charge is -2.36. The van der Waals surface area contributed by atoms with E-state index in [9.17, 15) is 4.79 Å². The summed E-state index contributed by atoms with van der Waals surface area (Å²) in [6, 6.07) is 14.8. The highest BCUT2D eigenvalue weighted by Gasteiger charge is 2.35. The minimum atomic E-state index is 0.306. The van der Waals surface area contributed by atoms with E-state index in [2.05, 4.69) is 83.2 Å². The predicted octanol–water partition coefficient (Wildman–Crippen LogP) is 4.65. The van der Waals surface area contributed by atoms with E-state index >= 15 is 0 Å². The molecule has 2 aromatic heterocycles. The summed E-state index contributed by atoms with van der Waals surface area (Å²) in [6.07, 6.45) is 7.42. The zero-order valence-electron chi connectivity index (χ0n) is 21.2. The first-order valence-corrected chi connectivity index (χ1v) is 13.3. The highest BCUT2D eigenvalue weighted by atomic mass is 16.2. The first-order valence-electron chi connectivity index (χ1n) is 13.3. The van der Waals surface area contributed by atoms with Crippen LogP contribution in [0.3, 0.4) is 0 Å². The van der Waals surface area contributed by atoms with E-state index in [4.69, 9.17) is 0 Å². The number of carbonyl (C=O) groups excluding carboxylic acids is 1. The van der Waals surface area contributed by atoms with Gasteiger partial charge in [-0.25, -0.2) is 4.52 Å². The fourth-order valence-corrected chi connectivity index (χ4v) is 6.15. The highest BCUT2D eigenvalue weighted by molar-refractivity contribution is 5.82. The van der Waals surface area contributed by atoms with Gasteiger partial charge in [0.05, 0.1) is 11.2 Å². The van der Waals surface area contributed by atoms with Crippen LogP contribution in [-0.2, 0) is 4.79 Å². The third-order valence-electron chi connectivity index (χ3n) is 8.35. The Kier molecular flexibility index (Phi) is 5.79. The number of anilines is 1. The van der Waals surface area contributed by atoms with Gasteiger partial charge in [-0.1, -0.05) is 24.3 Å². The van der Waals surface area contributed by atoms with Gasteiger partial charge in [0.15, 0.2) is 0 Å². The van der Waals surface area contributed by atoms with Crippen molar-refractivity contribution in [3.8, 4) is 11.1 Å². The largest absolute Gasteiger partial charge is 0.366 e. The number of rotatable bonds is 5. The Balaban J connectivity index is 1.19. The Labute approximate surface area is 208 Å². The molecule has 6 heteroatoms. The van der Waals surface area contributed by atoms with Crippen molar-refractivity contribution in [2.75, 3.05) is 37.6 Å². The predicted molar refractivity (Wildman–Crippen MR) is 141 cm³/mol. The molecule has 0 N–H and O–H groups in total. The zero-order valence-corrected chi connectivity index (χ0v) is 21.2. The van der Waals surface area contributed by atoms with Crippen LogP contribution in [0.15, 0.2) is 48.8 Å². The molecule has 2 atom stereocenters. The highest BCUT2D eigenvalue weighted by Crippen LogP contribution is 2.35. The maximum atomic E-state index is 12.4. The van der Waals surface area contributed by atoms with Gasteiger partial charge in [0, 0.05) is 68.7 Å². The van der Waals surface area contributed by atoms with Gasteiger partial charge in [-0.15, -0.1) is 0 Å². The normalized spacial score (nSPS) is 23.5. The molecule has 6 rings (SSSR count). The summed E-state index contributed by atoms with van der Waals surface area (Å²) >= 11 is 0. The summed E-state index contributed by atoms with van der Waals surface area (Å²) in [5.74, 6) is 1.29. The second-order valence-corrected chi connectivity index (χ2v) is 11.1. The lowest BCUT2D eigenvalue weighted by atomic mass is 9.95. The number of carbonyl (C=O) groups is 1. The number of amides is 1. The summed E-state index contributed by atoms with van der Waals surface area (Å²) < 4.78 is 2.00. The van der Waals surface area contributed by atoms with Crippen molar-refractivity contribution < 1.29 is 4.79 Å². The second kappa shape index (κ2) is 8.98. The zero-order chi connectivity index (χ0) is 24.1. The third-order valence-corrected chi connectivity index (χ3v) is 8.35. The SMILES string of the molecule is CC(C)N1C[C@H](c2ccc(-c3cc4c(N5CCN(C(=O)C6CC6)CC5)ccnn4c3)cc2)C[C@H]1C. The molecule has 1 saturated carbocycles. The topological polar surface area (TPSA) is 44.1 Å². The van der Waals surface area contributed by atoms with E-state index in [0.717, 1.165) is 51.1 Å². The molecular formula is C29H37N5O. The molecule has 0 spiro atoms. The van der Waals surface area contributed by atoms with Crippen LogP contribution in [0.5, 0.6) is 0 Å². The van der Waals surface area contributed by atoms with Gasteiger partial charge in [-0.2, -0.15) is 5.10 Å². The quantitative estimate of drug-likeness (QED) is 0.544. The number of nitrogens with zero attached hydrogens (tertiary/aromatic N) is 5. The Morgan fingerprint density at radius 1 is 1.00 bits per heavy atom. The number of benzene rings is 1. The third kappa shape index (κ3) is 4.33. The van der Waals surface area contributed by atoms with Crippen molar-refractivity contribution in [1.29, 1.82) is 0 Å². The molecule has 2 saturated heterocycles. The van der Waals surface area contributed by atoms with Crippen LogP contribution in [0.4, 0.5) is 5.69 Å². The monoisotopic (exact) mass is 471 g/mol. The summed E-state index contributed by atoms with van der Waals surface area (Å²) in [5, 5.41) is 4.59. The van der Waals surface area contributed by atoms with Gasteiger partial charge < -0.3 is 9.80 Å². The molecule has 0 unspecified atom stereocenters. The average molecular weight is 472 g/mol. The Morgan fingerprint density at radius 2 is 1.74 bits per heavy atom. The van der Waals surface area contributed by atoms with Gasteiger partial charge in [-0.05, 0) is 69.2 Å². The standard InChI is InChI=1S/C29H37N5O/c1-20(2)33-18-25(16-21(33)3)22-4-6-23(7-5-22)26-17-28-27(10-11-30-34(28)19-26)31-12-14-32(15-13-31)29(35)24-8-9-24/h4-7,10-11,17,19-21,24-25H,8-9,12-16,18H2,1-3H3/t21-,25-/m1/s1. The molecule has 2 aliphatic heterocycles. The van der Waals surface area contributed by atoms with Gasteiger partial charge in [-0.3, -0.25) is 9.69 Å². The molecule has 3 aromatic rings. The van der Waals surface area contributed by atoms with E-state index in [0.29, 0.717) is 29.8 Å². The molecule has 6 nitrogen and oxygen atoms in total. The molecule has 184 valence electrons. The second-order valence-electron chi connectivity index (χ2n) is 11.1. The minimum Gasteiger partial charge on any atom is -0.366 e. The van der Waals surface area contributed by atoms with Gasteiger partial charge >= 0.3 is 0 Å². The number of hydrogen-bond donors (Lipinski definition) is 0. The number of likely N-dealkylation sites (tertiary alicyclic amines) is 1. The van der Waals surface area contributed by atoms with Crippen molar-refractivity contribution in [2.24, 2.45) is 5.92 Å². The number of hydrogen-bond acceptors (Lipinski definition) is 4. The van der Waals surface area contributed by atoms with Crippen molar-refractivity contribution >= 4 is 17.1 Å². The molecule has 0 radical (unpaired) electrons. The van der Waals surface area contributed by atoms with Crippen LogP contribution in [0.2, 0.25) is 0 Å². The van der Waals surface area contributed by atoms with E-state index < -0.39 is 0 Å². The van der Waals surface area contributed by atoms with E-state index in [1.54, 1.807) is 0 Å². The van der Waals surface area contributed by atoms with Crippen LogP contribution in [0.1, 0.15) is 51.5 Å². The van der Waals surface area contributed by atoms with Crippen LogP contribution >= 0.6 is 0 Å². The Morgan fingerprint density at radius 3 is 2.40 bits per heavy atom. The molecule has 3 aliphatic rings. The number of fused-ring (bicyclic) bond motifs is 1. The fourth-order valence-electron chi connectivity index (χ4n) is 6.15. The first-order chi connectivity index (χ1) is 17.0. The maximum Gasteiger partial charge on any atom is 0.225 e. The molecule has 1 amide bonds. The average Bonchev–Trinajstić information content (AvgIpc) is 3.51. The van der Waals surface area contributed by atoms with Crippen LogP contribution < -0.4 is 4.90 Å². The van der Waals surface area contributed by atoms with Crippen LogP contribution in [-0.4, -0.2) is 70.1 Å². The van der Waals surface area contributed by atoms with Crippen molar-refractivity contribution in [3.05, 3.63) is 54.4 Å². The smallest absolute Gasteiger partial charge is 0.225 e. The molecule has 3 fully saturated rings. The minimum absolute atomic E-state index is 0.306. The van der Waals surface area contributed by atoms with Gasteiger partial charge in [0.1, 0.15) is 0 Å². The summed E-state index contributed by atoms with van der Waals surface area (Å²) in [7, 11) is 0. The fraction of sp³-hybridized carbons (Fsp3) is 0.517. The Bertz CT molecular complexity index is 1200. The Hall–Kier alpha value is -2.86. The van der Waals surface area contributed by atoms with Crippen molar-refractivity contribution in [3.63, 3.8) is 0 Å². The number of piperazine rings is 1. The van der Waals surface area contributed by atoms with Crippen LogP contribution in [0, 0.1) is 5.92 Å². The molecule has 1 aliphatic carbocycles. The van der Waals surface area contributed by atoms with E-state index in [1.807, 2.05) is 10.7 Å². The van der Waals surface area contributed by atoms with E-state index in [-0.39, 0.29) is 0 Å². The summed E-state index contributed by atoms with van der Waals surface area (Å²) in [5.41, 5.74) is 6.21. The number of aromatic nitrogens is 2. The van der Waals surface area contributed by atoms with Crippen LogP contribution in [0.25, 0.3) is 16.6 Å². The van der Waals surface area contributed by atoms with Crippen molar-refractivity contribution in [2.45, 2.75) is 58.0 Å². The first kappa shape index (κ1) is 22.6. The lowest BCUT2D eigenvalue weighted by Crippen LogP contribution is -2.49. The van der Waals surface area contributed by atoms with Gasteiger partial charge in [0.2, 0.25) is 5.91 Å². The molecular weight excluding hydrogens is 434 g/mol. The molecule has 35 heavy (non-hydrogen) atoms. The maximum absolute atomic E-state index is 12.4. The summed E-state index contributed by atoms with van der Waals surface area (Å²) in [6.45, 7) is 11.5. The lowest BCUT2D eigenvalue weighted by molar-refractivity contribution is -0.132. The molecule has 0 bridgehead atoms. The molecule has 1 aromatic carbocycles. The van der Waals surface area contributed by atoms with Gasteiger partial charge in [0.25, 0.3) is 0 Å².